The number of hydrogen-bond donors (Lipinski definition) is 0. The van der Waals surface area contributed by atoms with Crippen LogP contribution in [0, 0.1) is 0 Å². The molecule has 0 heterocycles. The Kier molecular flexibility index (Phi) is 4.72. The summed E-state index contributed by atoms with van der Waals surface area (Å²) in [4.78, 5) is 11.5. The monoisotopic (exact) mass is 266 g/mol. The van der Waals surface area contributed by atoms with Gasteiger partial charge in [-0.1, -0.05) is 66.2 Å². The van der Waals surface area contributed by atoms with Crippen molar-refractivity contribution in [1.82, 2.24) is 0 Å². The first-order valence-electron chi connectivity index (χ1n) is 6.58. The molecule has 0 aliphatic heterocycles. The molecule has 0 unspecified atom stereocenters. The van der Waals surface area contributed by atoms with E-state index in [2.05, 4.69) is 24.3 Å². The lowest BCUT2D eigenvalue weighted by molar-refractivity contribution is -0.134. The molecule has 0 saturated carbocycles. The third-order valence-electron chi connectivity index (χ3n) is 3.27. The van der Waals surface area contributed by atoms with E-state index in [1.807, 2.05) is 43.3 Å². The van der Waals surface area contributed by atoms with Crippen molar-refractivity contribution in [2.24, 2.45) is 0 Å². The van der Waals surface area contributed by atoms with E-state index < -0.39 is 0 Å². The van der Waals surface area contributed by atoms with E-state index in [9.17, 15) is 4.79 Å². The SMILES string of the molecule is COC(=O)/C=C(/C)C(c1ccccc1)c1ccccc1. The minimum Gasteiger partial charge on any atom is -0.466 e. The fourth-order valence-electron chi connectivity index (χ4n) is 2.34. The Morgan fingerprint density at radius 1 is 0.950 bits per heavy atom. The van der Waals surface area contributed by atoms with Gasteiger partial charge in [-0.25, -0.2) is 4.79 Å². The normalized spacial score (nSPS) is 11.4. The molecular weight excluding hydrogens is 248 g/mol. The predicted molar refractivity (Wildman–Crippen MR) is 80.5 cm³/mol. The van der Waals surface area contributed by atoms with Gasteiger partial charge in [0.05, 0.1) is 7.11 Å². The number of hydrogen-bond acceptors (Lipinski definition) is 2. The maximum absolute atomic E-state index is 11.5. The summed E-state index contributed by atoms with van der Waals surface area (Å²) in [6, 6.07) is 20.3. The van der Waals surface area contributed by atoms with Crippen LogP contribution in [0.25, 0.3) is 0 Å². The lowest BCUT2D eigenvalue weighted by Gasteiger charge is -2.19. The third-order valence-corrected chi connectivity index (χ3v) is 3.27. The third kappa shape index (κ3) is 3.35. The number of methoxy groups -OCH3 is 1. The Morgan fingerprint density at radius 3 is 1.80 bits per heavy atom. The van der Waals surface area contributed by atoms with Crippen LogP contribution in [-0.2, 0) is 9.53 Å². The molecule has 0 aliphatic carbocycles. The van der Waals surface area contributed by atoms with Gasteiger partial charge in [0.1, 0.15) is 0 Å². The lowest BCUT2D eigenvalue weighted by Crippen LogP contribution is -2.05. The number of esters is 1. The zero-order valence-corrected chi connectivity index (χ0v) is 11.7. The van der Waals surface area contributed by atoms with Crippen molar-refractivity contribution in [2.45, 2.75) is 12.8 Å². The van der Waals surface area contributed by atoms with E-state index in [1.54, 1.807) is 6.08 Å². The van der Waals surface area contributed by atoms with Gasteiger partial charge in [-0.2, -0.15) is 0 Å². The summed E-state index contributed by atoms with van der Waals surface area (Å²) in [5.74, 6) is -0.254. The van der Waals surface area contributed by atoms with E-state index in [0.29, 0.717) is 0 Å². The molecule has 2 rings (SSSR count). The van der Waals surface area contributed by atoms with Gasteiger partial charge in [-0.3, -0.25) is 0 Å². The number of carbonyl (C=O) groups excluding carboxylic acids is 1. The number of ether oxygens (including phenoxy) is 1. The summed E-state index contributed by atoms with van der Waals surface area (Å²) in [7, 11) is 1.39. The molecule has 2 aromatic carbocycles. The highest BCUT2D eigenvalue weighted by Crippen LogP contribution is 2.31. The maximum Gasteiger partial charge on any atom is 0.330 e. The molecule has 0 radical (unpaired) electrons. The van der Waals surface area contributed by atoms with Crippen LogP contribution < -0.4 is 0 Å². The Balaban J connectivity index is 2.45. The minimum absolute atomic E-state index is 0.0662. The quantitative estimate of drug-likeness (QED) is 0.619. The molecule has 0 spiro atoms. The molecule has 2 heteroatoms. The predicted octanol–water partition coefficient (Wildman–Crippen LogP) is 3.94. The molecule has 0 aromatic heterocycles. The van der Waals surface area contributed by atoms with Gasteiger partial charge in [-0.05, 0) is 18.1 Å². The van der Waals surface area contributed by atoms with Crippen molar-refractivity contribution < 1.29 is 9.53 Å². The molecule has 0 aliphatic rings. The van der Waals surface area contributed by atoms with Gasteiger partial charge in [0.15, 0.2) is 0 Å². The molecule has 2 nitrogen and oxygen atoms in total. The topological polar surface area (TPSA) is 26.3 Å². The highest BCUT2D eigenvalue weighted by atomic mass is 16.5. The molecule has 0 atom stereocenters. The molecule has 20 heavy (non-hydrogen) atoms. The number of carbonyl (C=O) groups is 1. The number of benzene rings is 2. The van der Waals surface area contributed by atoms with Crippen molar-refractivity contribution >= 4 is 5.97 Å². The van der Waals surface area contributed by atoms with Crippen LogP contribution in [0.5, 0.6) is 0 Å². The van der Waals surface area contributed by atoms with Crippen molar-refractivity contribution in [3.63, 3.8) is 0 Å². The van der Waals surface area contributed by atoms with Crippen LogP contribution in [0.2, 0.25) is 0 Å². The second kappa shape index (κ2) is 6.71. The molecular formula is C18H18O2. The van der Waals surface area contributed by atoms with Crippen LogP contribution in [-0.4, -0.2) is 13.1 Å². The fourth-order valence-corrected chi connectivity index (χ4v) is 2.34. The molecule has 0 amide bonds. The smallest absolute Gasteiger partial charge is 0.330 e. The first kappa shape index (κ1) is 14.1. The van der Waals surface area contributed by atoms with E-state index >= 15 is 0 Å². The summed E-state index contributed by atoms with van der Waals surface area (Å²) in [6.45, 7) is 1.96. The summed E-state index contributed by atoms with van der Waals surface area (Å²) < 4.78 is 4.73. The Labute approximate surface area is 119 Å². The van der Waals surface area contributed by atoms with Crippen LogP contribution in [0.3, 0.4) is 0 Å². The van der Waals surface area contributed by atoms with E-state index in [1.165, 1.54) is 7.11 Å². The highest BCUT2D eigenvalue weighted by molar-refractivity contribution is 5.83. The van der Waals surface area contributed by atoms with E-state index in [0.717, 1.165) is 16.7 Å². The van der Waals surface area contributed by atoms with Crippen LogP contribution >= 0.6 is 0 Å². The first-order valence-corrected chi connectivity index (χ1v) is 6.58. The largest absolute Gasteiger partial charge is 0.466 e. The van der Waals surface area contributed by atoms with Gasteiger partial charge >= 0.3 is 5.97 Å². The van der Waals surface area contributed by atoms with Gasteiger partial charge in [0, 0.05) is 12.0 Å². The van der Waals surface area contributed by atoms with Gasteiger partial charge < -0.3 is 4.74 Å². The zero-order chi connectivity index (χ0) is 14.4. The van der Waals surface area contributed by atoms with Crippen LogP contribution in [0.15, 0.2) is 72.3 Å². The van der Waals surface area contributed by atoms with Gasteiger partial charge in [0.2, 0.25) is 0 Å². The molecule has 102 valence electrons. The van der Waals surface area contributed by atoms with Gasteiger partial charge in [0.25, 0.3) is 0 Å². The van der Waals surface area contributed by atoms with Crippen LogP contribution in [0.4, 0.5) is 0 Å². The van der Waals surface area contributed by atoms with Gasteiger partial charge in [-0.15, -0.1) is 0 Å². The molecule has 0 saturated heterocycles. The average Bonchev–Trinajstić information content (AvgIpc) is 2.49. The lowest BCUT2D eigenvalue weighted by atomic mass is 9.85. The number of allylic oxidation sites excluding steroid dienone is 1. The molecule has 0 N–H and O–H groups in total. The second-order valence-electron chi connectivity index (χ2n) is 4.67. The summed E-state index contributed by atoms with van der Waals surface area (Å²) in [5.41, 5.74) is 3.29. The number of rotatable bonds is 4. The van der Waals surface area contributed by atoms with Crippen molar-refractivity contribution in [1.29, 1.82) is 0 Å². The van der Waals surface area contributed by atoms with Crippen molar-refractivity contribution in [3.05, 3.63) is 83.4 Å². The maximum atomic E-state index is 11.5. The summed E-state index contributed by atoms with van der Waals surface area (Å²) in [6.07, 6.45) is 1.56. The Bertz CT molecular complexity index is 546. The average molecular weight is 266 g/mol. The molecule has 2 aromatic rings. The fraction of sp³-hybridized carbons (Fsp3) is 0.167. The van der Waals surface area contributed by atoms with E-state index in [4.69, 9.17) is 4.74 Å². The van der Waals surface area contributed by atoms with Crippen molar-refractivity contribution in [3.8, 4) is 0 Å². The highest BCUT2D eigenvalue weighted by Gasteiger charge is 2.16. The summed E-state index contributed by atoms with van der Waals surface area (Å²) >= 11 is 0. The second-order valence-corrected chi connectivity index (χ2v) is 4.67. The standard InChI is InChI=1S/C18H18O2/c1-14(13-17(19)20-2)18(15-9-5-3-6-10-15)16-11-7-4-8-12-16/h3-13,18H,1-2H3/b14-13-. The zero-order valence-electron chi connectivity index (χ0n) is 11.7. The summed E-state index contributed by atoms with van der Waals surface area (Å²) in [5, 5.41) is 0. The first-order chi connectivity index (χ1) is 9.72. The molecule has 0 bridgehead atoms. The minimum atomic E-state index is -0.320. The van der Waals surface area contributed by atoms with Crippen LogP contribution in [0.1, 0.15) is 24.0 Å². The van der Waals surface area contributed by atoms with E-state index in [-0.39, 0.29) is 11.9 Å². The Morgan fingerprint density at radius 2 is 1.40 bits per heavy atom. The Hall–Kier alpha value is -2.35. The molecule has 0 fully saturated rings. The van der Waals surface area contributed by atoms with Crippen molar-refractivity contribution in [2.75, 3.05) is 7.11 Å².